The number of carbonyl (C=O) groups is 2. The molecule has 4 rings (SSSR count). The Hall–Kier alpha value is -3.02. The van der Waals surface area contributed by atoms with Crippen molar-refractivity contribution in [2.24, 2.45) is 0 Å². The van der Waals surface area contributed by atoms with Crippen LogP contribution in [0.25, 0.3) is 0 Å². The Morgan fingerprint density at radius 1 is 0.839 bits per heavy atom. The zero-order valence-electron chi connectivity index (χ0n) is 18.0. The number of urea groups is 1. The van der Waals surface area contributed by atoms with E-state index in [4.69, 9.17) is 4.74 Å². The molecule has 0 spiro atoms. The van der Waals surface area contributed by atoms with Crippen LogP contribution in [0.1, 0.15) is 48.0 Å². The minimum absolute atomic E-state index is 0.000370. The molecule has 0 atom stereocenters. The lowest BCUT2D eigenvalue weighted by Gasteiger charge is -2.36. The van der Waals surface area contributed by atoms with E-state index in [1.807, 2.05) is 64.4 Å². The highest BCUT2D eigenvalue weighted by Gasteiger charge is 2.27. The number of ether oxygens (including phenoxy) is 1. The van der Waals surface area contributed by atoms with Gasteiger partial charge in [0.15, 0.2) is 0 Å². The molecule has 6 nitrogen and oxygen atoms in total. The molecule has 0 unspecified atom stereocenters. The Morgan fingerprint density at radius 2 is 1.48 bits per heavy atom. The molecule has 0 aromatic heterocycles. The van der Waals surface area contributed by atoms with Gasteiger partial charge in [-0.25, -0.2) is 4.79 Å². The molecule has 1 saturated carbocycles. The molecule has 3 amide bonds. The average Bonchev–Trinajstić information content (AvgIpc) is 2.84. The fourth-order valence-electron chi connectivity index (χ4n) is 4.33. The second-order valence-electron chi connectivity index (χ2n) is 8.32. The number of benzene rings is 2. The first-order valence-corrected chi connectivity index (χ1v) is 11.3. The Kier molecular flexibility index (Phi) is 7.07. The fraction of sp³-hybridized carbons (Fsp3) is 0.440. The molecular formula is C25H31N3O3. The molecular weight excluding hydrogens is 390 g/mol. The van der Waals surface area contributed by atoms with Crippen LogP contribution in [0.3, 0.4) is 0 Å². The maximum atomic E-state index is 13.2. The quantitative estimate of drug-likeness (QED) is 0.792. The second-order valence-corrected chi connectivity index (χ2v) is 8.32. The normalized spacial score (nSPS) is 17.3. The van der Waals surface area contributed by atoms with Gasteiger partial charge in [-0.1, -0.05) is 55.7 Å². The molecule has 2 aromatic carbocycles. The van der Waals surface area contributed by atoms with Crippen molar-refractivity contribution in [3.8, 4) is 5.75 Å². The van der Waals surface area contributed by atoms with E-state index in [1.54, 1.807) is 0 Å². The molecule has 2 aromatic rings. The van der Waals surface area contributed by atoms with Crippen LogP contribution in [-0.2, 0) is 6.61 Å². The van der Waals surface area contributed by atoms with Gasteiger partial charge in [0.2, 0.25) is 0 Å². The zero-order chi connectivity index (χ0) is 21.5. The number of nitrogens with one attached hydrogen (secondary N) is 1. The van der Waals surface area contributed by atoms with Gasteiger partial charge in [0.05, 0.1) is 0 Å². The lowest BCUT2D eigenvalue weighted by Crippen LogP contribution is -2.54. The first kappa shape index (κ1) is 21.2. The molecule has 2 aliphatic rings. The summed E-state index contributed by atoms with van der Waals surface area (Å²) in [4.78, 5) is 29.4. The van der Waals surface area contributed by atoms with E-state index in [0.717, 1.165) is 24.2 Å². The summed E-state index contributed by atoms with van der Waals surface area (Å²) >= 11 is 0. The predicted octanol–water partition coefficient (Wildman–Crippen LogP) is 4.07. The van der Waals surface area contributed by atoms with Gasteiger partial charge >= 0.3 is 6.03 Å². The average molecular weight is 422 g/mol. The number of nitrogens with zero attached hydrogens (tertiary/aromatic N) is 2. The highest BCUT2D eigenvalue weighted by molar-refractivity contribution is 5.95. The lowest BCUT2D eigenvalue weighted by atomic mass is 9.96. The number of para-hydroxylation sites is 1. The number of carbonyl (C=O) groups excluding carboxylic acids is 2. The summed E-state index contributed by atoms with van der Waals surface area (Å²) in [6.45, 7) is 2.56. The minimum atomic E-state index is -0.000370. The van der Waals surface area contributed by atoms with Gasteiger partial charge in [-0.15, -0.1) is 0 Å². The van der Waals surface area contributed by atoms with E-state index in [0.29, 0.717) is 44.4 Å². The molecule has 0 bridgehead atoms. The summed E-state index contributed by atoms with van der Waals surface area (Å²) in [6, 6.07) is 17.5. The molecule has 0 radical (unpaired) electrons. The Bertz CT molecular complexity index is 873. The Balaban J connectivity index is 1.32. The Morgan fingerprint density at radius 3 is 2.23 bits per heavy atom. The standard InChI is InChI=1S/C25H31N3O3/c29-24(23-14-8-7-9-20(23)19-31-22-12-5-2-6-13-22)27-15-17-28(18-16-27)25(30)26-21-10-3-1-4-11-21/h2,5-9,12-14,21H,1,3-4,10-11,15-19H2,(H,26,30). The molecule has 1 aliphatic carbocycles. The first-order chi connectivity index (χ1) is 15.2. The monoisotopic (exact) mass is 421 g/mol. The number of piperazine rings is 1. The zero-order valence-corrected chi connectivity index (χ0v) is 18.0. The van der Waals surface area contributed by atoms with E-state index in [1.165, 1.54) is 19.3 Å². The van der Waals surface area contributed by atoms with Crippen LogP contribution in [0.2, 0.25) is 0 Å². The summed E-state index contributed by atoms with van der Waals surface area (Å²) in [5.41, 5.74) is 1.53. The van der Waals surface area contributed by atoms with Crippen molar-refractivity contribution < 1.29 is 14.3 Å². The molecule has 1 saturated heterocycles. The van der Waals surface area contributed by atoms with Crippen LogP contribution >= 0.6 is 0 Å². The second kappa shape index (κ2) is 10.3. The van der Waals surface area contributed by atoms with E-state index in [-0.39, 0.29) is 11.9 Å². The van der Waals surface area contributed by atoms with E-state index in [9.17, 15) is 9.59 Å². The molecule has 6 heteroatoms. The van der Waals surface area contributed by atoms with Crippen LogP contribution in [0.15, 0.2) is 54.6 Å². The van der Waals surface area contributed by atoms with E-state index < -0.39 is 0 Å². The van der Waals surface area contributed by atoms with Crippen LogP contribution in [0.4, 0.5) is 4.79 Å². The van der Waals surface area contributed by atoms with Crippen molar-refractivity contribution in [2.75, 3.05) is 26.2 Å². The summed E-state index contributed by atoms with van der Waals surface area (Å²) in [6.07, 6.45) is 5.81. The predicted molar refractivity (Wildman–Crippen MR) is 120 cm³/mol. The van der Waals surface area contributed by atoms with Crippen molar-refractivity contribution in [3.63, 3.8) is 0 Å². The third-order valence-corrected chi connectivity index (χ3v) is 6.17. The maximum absolute atomic E-state index is 13.2. The third kappa shape index (κ3) is 5.57. The van der Waals surface area contributed by atoms with Gasteiger partial charge < -0.3 is 19.9 Å². The van der Waals surface area contributed by atoms with Gasteiger partial charge in [-0.2, -0.15) is 0 Å². The number of rotatable bonds is 5. The third-order valence-electron chi connectivity index (χ3n) is 6.17. The van der Waals surface area contributed by atoms with Gasteiger partial charge in [-0.3, -0.25) is 4.79 Å². The SMILES string of the molecule is O=C(NC1CCCCC1)N1CCN(C(=O)c2ccccc2COc2ccccc2)CC1. The smallest absolute Gasteiger partial charge is 0.317 e. The van der Waals surface area contributed by atoms with Crippen molar-refractivity contribution in [2.45, 2.75) is 44.8 Å². The van der Waals surface area contributed by atoms with Gasteiger partial charge in [0.1, 0.15) is 12.4 Å². The van der Waals surface area contributed by atoms with E-state index >= 15 is 0 Å². The number of hydrogen-bond acceptors (Lipinski definition) is 3. The molecule has 164 valence electrons. The maximum Gasteiger partial charge on any atom is 0.317 e. The highest BCUT2D eigenvalue weighted by Crippen LogP contribution is 2.19. The van der Waals surface area contributed by atoms with E-state index in [2.05, 4.69) is 5.32 Å². The summed E-state index contributed by atoms with van der Waals surface area (Å²) < 4.78 is 5.86. The van der Waals surface area contributed by atoms with Gasteiger partial charge in [0.25, 0.3) is 5.91 Å². The van der Waals surface area contributed by atoms with Crippen molar-refractivity contribution >= 4 is 11.9 Å². The van der Waals surface area contributed by atoms with Crippen LogP contribution < -0.4 is 10.1 Å². The molecule has 2 fully saturated rings. The molecule has 31 heavy (non-hydrogen) atoms. The summed E-state index contributed by atoms with van der Waals surface area (Å²) in [5.74, 6) is 0.780. The lowest BCUT2D eigenvalue weighted by molar-refractivity contribution is 0.0660. The number of hydrogen-bond donors (Lipinski definition) is 1. The highest BCUT2D eigenvalue weighted by atomic mass is 16.5. The number of amides is 3. The van der Waals surface area contributed by atoms with Crippen LogP contribution in [0.5, 0.6) is 5.75 Å². The fourth-order valence-corrected chi connectivity index (χ4v) is 4.33. The van der Waals surface area contributed by atoms with Crippen LogP contribution in [-0.4, -0.2) is 54.0 Å². The van der Waals surface area contributed by atoms with Gasteiger partial charge in [-0.05, 0) is 31.0 Å². The first-order valence-electron chi connectivity index (χ1n) is 11.3. The molecule has 1 N–H and O–H groups in total. The minimum Gasteiger partial charge on any atom is -0.489 e. The van der Waals surface area contributed by atoms with Crippen molar-refractivity contribution in [1.29, 1.82) is 0 Å². The summed E-state index contributed by atoms with van der Waals surface area (Å²) in [7, 11) is 0. The molecule has 1 heterocycles. The van der Waals surface area contributed by atoms with Crippen molar-refractivity contribution in [3.05, 3.63) is 65.7 Å². The van der Waals surface area contributed by atoms with Crippen LogP contribution in [0, 0.1) is 0 Å². The molecule has 1 aliphatic heterocycles. The Labute approximate surface area is 184 Å². The topological polar surface area (TPSA) is 61.9 Å². The largest absolute Gasteiger partial charge is 0.489 e. The summed E-state index contributed by atoms with van der Waals surface area (Å²) in [5, 5.41) is 3.17. The van der Waals surface area contributed by atoms with Crippen molar-refractivity contribution in [1.82, 2.24) is 15.1 Å². The van der Waals surface area contributed by atoms with Gasteiger partial charge in [0, 0.05) is 43.3 Å².